The number of nitrogens with zero attached hydrogens (tertiary/aromatic N) is 1. The summed E-state index contributed by atoms with van der Waals surface area (Å²) < 4.78 is 36.2. The van der Waals surface area contributed by atoms with Gasteiger partial charge in [-0.2, -0.15) is 13.2 Å². The molecule has 0 aliphatic heterocycles. The maximum absolute atomic E-state index is 12.1. The zero-order valence-electron chi connectivity index (χ0n) is 7.22. The quantitative estimate of drug-likeness (QED) is 0.760. The van der Waals surface area contributed by atoms with Gasteiger partial charge in [0.25, 0.3) is 0 Å². The number of hydrogen-bond acceptors (Lipinski definition) is 2. The number of anilines is 1. The molecule has 0 aliphatic carbocycles. The van der Waals surface area contributed by atoms with Crippen LogP contribution in [0.2, 0.25) is 0 Å². The molecule has 0 aliphatic rings. The summed E-state index contributed by atoms with van der Waals surface area (Å²) in [7, 11) is 0. The molecule has 1 aromatic rings. The number of nitrogens with one attached hydrogen (secondary N) is 1. The number of carbonyl (C=O) groups excluding carboxylic acids is 1. The Balaban J connectivity index is 2.84. The van der Waals surface area contributed by atoms with Gasteiger partial charge in [-0.25, -0.2) is 4.98 Å². The van der Waals surface area contributed by atoms with E-state index < -0.39 is 11.7 Å². The Labute approximate surface area is 78.0 Å². The summed E-state index contributed by atoms with van der Waals surface area (Å²) in [4.78, 5) is 14.0. The molecule has 1 heterocycles. The van der Waals surface area contributed by atoms with E-state index in [1.807, 2.05) is 0 Å². The van der Waals surface area contributed by atoms with Crippen molar-refractivity contribution in [2.24, 2.45) is 0 Å². The summed E-state index contributed by atoms with van der Waals surface area (Å²) in [5.74, 6) is -0.275. The van der Waals surface area contributed by atoms with Crippen molar-refractivity contribution in [2.75, 3.05) is 5.32 Å². The van der Waals surface area contributed by atoms with E-state index in [-0.39, 0.29) is 11.7 Å². The number of hydrogen-bond donors (Lipinski definition) is 1. The van der Waals surface area contributed by atoms with E-state index >= 15 is 0 Å². The maximum Gasteiger partial charge on any atom is 0.417 e. The molecule has 0 saturated heterocycles. The minimum atomic E-state index is -4.40. The highest BCUT2D eigenvalue weighted by molar-refractivity contribution is 5.87. The van der Waals surface area contributed by atoms with Crippen LogP contribution in [0.3, 0.4) is 0 Å². The smallest absolute Gasteiger partial charge is 0.311 e. The van der Waals surface area contributed by atoms with Crippen LogP contribution in [-0.4, -0.2) is 10.9 Å². The Hall–Kier alpha value is -1.59. The summed E-state index contributed by atoms with van der Waals surface area (Å²) in [5.41, 5.74) is -0.841. The minimum absolute atomic E-state index is 0.102. The molecule has 14 heavy (non-hydrogen) atoms. The third-order valence-electron chi connectivity index (χ3n) is 1.39. The van der Waals surface area contributed by atoms with Gasteiger partial charge in [-0.1, -0.05) is 0 Å². The predicted molar refractivity (Wildman–Crippen MR) is 43.5 cm³/mol. The van der Waals surface area contributed by atoms with Crippen LogP contribution in [0.5, 0.6) is 0 Å². The second-order valence-electron chi connectivity index (χ2n) is 2.61. The fraction of sp³-hybridized carbons (Fsp3) is 0.250. The molecule has 1 N–H and O–H groups in total. The van der Waals surface area contributed by atoms with E-state index in [1.165, 1.54) is 6.92 Å². The van der Waals surface area contributed by atoms with Crippen molar-refractivity contribution in [3.8, 4) is 0 Å². The van der Waals surface area contributed by atoms with Crippen molar-refractivity contribution < 1.29 is 18.0 Å². The largest absolute Gasteiger partial charge is 0.417 e. The number of rotatable bonds is 1. The van der Waals surface area contributed by atoms with Gasteiger partial charge in [0, 0.05) is 13.1 Å². The molecule has 0 fully saturated rings. The van der Waals surface area contributed by atoms with Gasteiger partial charge in [-0.15, -0.1) is 0 Å². The summed E-state index contributed by atoms with van der Waals surface area (Å²) in [5, 5.41) is 2.27. The van der Waals surface area contributed by atoms with E-state index in [1.54, 1.807) is 0 Å². The zero-order chi connectivity index (χ0) is 10.8. The summed E-state index contributed by atoms with van der Waals surface area (Å²) >= 11 is 0. The first-order chi connectivity index (χ1) is 6.39. The van der Waals surface area contributed by atoms with Crippen LogP contribution in [0.15, 0.2) is 18.3 Å². The maximum atomic E-state index is 12.1. The predicted octanol–water partition coefficient (Wildman–Crippen LogP) is 2.06. The van der Waals surface area contributed by atoms with Gasteiger partial charge in [0.15, 0.2) is 0 Å². The lowest BCUT2D eigenvalue weighted by Gasteiger charge is -2.06. The Morgan fingerprint density at radius 2 is 2.07 bits per heavy atom. The zero-order valence-corrected chi connectivity index (χ0v) is 7.22. The highest BCUT2D eigenvalue weighted by Crippen LogP contribution is 2.28. The van der Waals surface area contributed by atoms with Crippen LogP contribution >= 0.6 is 0 Å². The van der Waals surface area contributed by atoms with Crippen molar-refractivity contribution in [3.05, 3.63) is 23.9 Å². The number of halogens is 3. The topological polar surface area (TPSA) is 42.0 Å². The van der Waals surface area contributed by atoms with Crippen LogP contribution in [-0.2, 0) is 11.0 Å². The van der Waals surface area contributed by atoms with Crippen LogP contribution < -0.4 is 5.32 Å². The Bertz CT molecular complexity index is 331. The number of pyridine rings is 1. The molecule has 1 aromatic heterocycles. The van der Waals surface area contributed by atoms with Crippen molar-refractivity contribution in [1.82, 2.24) is 4.98 Å². The molecule has 1 amide bonds. The van der Waals surface area contributed by atoms with Crippen LogP contribution in [0.25, 0.3) is 0 Å². The summed E-state index contributed by atoms with van der Waals surface area (Å²) in [6.07, 6.45) is -3.73. The lowest BCUT2D eigenvalue weighted by atomic mass is 10.3. The molecule has 0 aromatic carbocycles. The lowest BCUT2D eigenvalue weighted by molar-refractivity contribution is -0.137. The fourth-order valence-corrected chi connectivity index (χ4v) is 0.816. The van der Waals surface area contributed by atoms with Gasteiger partial charge >= 0.3 is 6.18 Å². The first-order valence-electron chi connectivity index (χ1n) is 3.70. The van der Waals surface area contributed by atoms with Crippen molar-refractivity contribution >= 4 is 11.7 Å². The Morgan fingerprint density at radius 1 is 1.43 bits per heavy atom. The van der Waals surface area contributed by atoms with Gasteiger partial charge < -0.3 is 5.32 Å². The third-order valence-corrected chi connectivity index (χ3v) is 1.39. The second kappa shape index (κ2) is 3.65. The molecule has 0 bridgehead atoms. The lowest BCUT2D eigenvalue weighted by Crippen LogP contribution is -2.09. The molecular weight excluding hydrogens is 197 g/mol. The Kier molecular flexibility index (Phi) is 2.73. The van der Waals surface area contributed by atoms with E-state index in [9.17, 15) is 18.0 Å². The summed E-state index contributed by atoms with van der Waals surface area (Å²) in [6.45, 7) is 1.25. The standard InChI is InChI=1S/C8H7F3N2O/c1-5(14)13-7-3-2-6(4-12-7)8(9,10)11/h2-4H,1H3,(H,12,13,14). The minimum Gasteiger partial charge on any atom is -0.311 e. The summed E-state index contributed by atoms with van der Waals surface area (Å²) in [6, 6.07) is 1.96. The van der Waals surface area contributed by atoms with E-state index in [2.05, 4.69) is 10.3 Å². The Morgan fingerprint density at radius 3 is 2.43 bits per heavy atom. The van der Waals surface area contributed by atoms with Gasteiger partial charge in [0.2, 0.25) is 5.91 Å². The molecule has 0 spiro atoms. The highest BCUT2D eigenvalue weighted by atomic mass is 19.4. The van der Waals surface area contributed by atoms with Crippen molar-refractivity contribution in [3.63, 3.8) is 0 Å². The van der Waals surface area contributed by atoms with Crippen LogP contribution in [0.1, 0.15) is 12.5 Å². The van der Waals surface area contributed by atoms with E-state index in [4.69, 9.17) is 0 Å². The van der Waals surface area contributed by atoms with Crippen LogP contribution in [0, 0.1) is 0 Å². The highest BCUT2D eigenvalue weighted by Gasteiger charge is 2.30. The number of aromatic nitrogens is 1. The number of alkyl halides is 3. The number of amides is 1. The fourth-order valence-electron chi connectivity index (χ4n) is 0.816. The first-order valence-corrected chi connectivity index (χ1v) is 3.70. The van der Waals surface area contributed by atoms with Gasteiger partial charge in [0.05, 0.1) is 5.56 Å². The van der Waals surface area contributed by atoms with Gasteiger partial charge in [-0.05, 0) is 12.1 Å². The molecule has 0 radical (unpaired) electrons. The van der Waals surface area contributed by atoms with E-state index in [0.717, 1.165) is 12.1 Å². The number of carbonyl (C=O) groups is 1. The first kappa shape index (κ1) is 10.5. The molecule has 3 nitrogen and oxygen atoms in total. The molecule has 6 heteroatoms. The average molecular weight is 204 g/mol. The van der Waals surface area contributed by atoms with Gasteiger partial charge in [-0.3, -0.25) is 4.79 Å². The van der Waals surface area contributed by atoms with E-state index in [0.29, 0.717) is 6.20 Å². The SMILES string of the molecule is CC(=O)Nc1ccc(C(F)(F)F)cn1. The molecule has 1 rings (SSSR count). The normalized spacial score (nSPS) is 11.1. The molecule has 0 saturated carbocycles. The molecular formula is C8H7F3N2O. The molecule has 76 valence electrons. The van der Waals surface area contributed by atoms with Crippen LogP contribution in [0.4, 0.5) is 19.0 Å². The monoisotopic (exact) mass is 204 g/mol. The second-order valence-corrected chi connectivity index (χ2v) is 2.61. The average Bonchev–Trinajstić information content (AvgIpc) is 2.02. The molecule has 0 atom stereocenters. The molecule has 0 unspecified atom stereocenters. The van der Waals surface area contributed by atoms with Crippen molar-refractivity contribution in [2.45, 2.75) is 13.1 Å². The third kappa shape index (κ3) is 2.72. The van der Waals surface area contributed by atoms with Crippen molar-refractivity contribution in [1.29, 1.82) is 0 Å². The van der Waals surface area contributed by atoms with Gasteiger partial charge in [0.1, 0.15) is 5.82 Å².